The lowest BCUT2D eigenvalue weighted by Crippen LogP contribution is -2.05. The molecule has 3 nitrogen and oxygen atoms in total. The van der Waals surface area contributed by atoms with Gasteiger partial charge in [-0.3, -0.25) is 4.98 Å². The molecule has 1 rings (SSSR count). The number of halogens is 1. The highest BCUT2D eigenvalue weighted by Gasteiger charge is 2.13. The summed E-state index contributed by atoms with van der Waals surface area (Å²) < 4.78 is 13.9. The van der Waals surface area contributed by atoms with Crippen molar-refractivity contribution in [2.24, 2.45) is 5.73 Å². The lowest BCUT2D eigenvalue weighted by molar-refractivity contribution is 0.439. The zero-order valence-electron chi connectivity index (χ0n) is 9.20. The van der Waals surface area contributed by atoms with Crippen LogP contribution in [-0.4, -0.2) is 10.1 Å². The molecule has 0 aromatic carbocycles. The van der Waals surface area contributed by atoms with Gasteiger partial charge in [-0.1, -0.05) is 19.6 Å². The molecule has 0 aliphatic rings. The molecule has 0 atom stereocenters. The third-order valence-corrected chi connectivity index (χ3v) is 2.16. The van der Waals surface area contributed by atoms with Crippen LogP contribution in [0.15, 0.2) is 30.7 Å². The molecule has 1 aromatic heterocycles. The molecule has 0 unspecified atom stereocenters. The van der Waals surface area contributed by atoms with Crippen LogP contribution < -0.4 is 5.73 Å². The van der Waals surface area contributed by atoms with Crippen molar-refractivity contribution >= 4 is 5.57 Å². The van der Waals surface area contributed by atoms with E-state index in [2.05, 4.69) is 11.6 Å². The van der Waals surface area contributed by atoms with Crippen molar-refractivity contribution in [2.75, 3.05) is 0 Å². The van der Waals surface area contributed by atoms with Crippen molar-refractivity contribution in [3.8, 4) is 0 Å². The van der Waals surface area contributed by atoms with Gasteiger partial charge in [0.15, 0.2) is 5.82 Å². The molecule has 1 aromatic rings. The Bertz CT molecular complexity index is 427. The normalized spacial score (nSPS) is 11.6. The molecule has 0 amide bonds. The minimum Gasteiger partial charge on any atom is -0.508 e. The molecule has 0 aliphatic heterocycles. The fourth-order valence-electron chi connectivity index (χ4n) is 1.42. The monoisotopic (exact) mass is 222 g/mol. The average molecular weight is 222 g/mol. The number of rotatable bonds is 4. The molecule has 0 saturated heterocycles. The van der Waals surface area contributed by atoms with E-state index in [4.69, 9.17) is 5.73 Å². The number of hydrogen-bond acceptors (Lipinski definition) is 3. The third-order valence-electron chi connectivity index (χ3n) is 2.16. The number of aromatic nitrogens is 1. The summed E-state index contributed by atoms with van der Waals surface area (Å²) in [6.07, 6.45) is 3.85. The Morgan fingerprint density at radius 2 is 2.38 bits per heavy atom. The Balaban J connectivity index is 3.31. The zero-order chi connectivity index (χ0) is 12.1. The minimum absolute atomic E-state index is 0.0248. The molecule has 0 aliphatic carbocycles. The molecule has 3 N–H and O–H groups in total. The second-order valence-electron chi connectivity index (χ2n) is 3.30. The Labute approximate surface area is 94.1 Å². The predicted octanol–water partition coefficient (Wildman–Crippen LogP) is 2.54. The van der Waals surface area contributed by atoms with Gasteiger partial charge in [0.25, 0.3) is 0 Å². The van der Waals surface area contributed by atoms with Crippen molar-refractivity contribution in [1.29, 1.82) is 0 Å². The molecule has 86 valence electrons. The lowest BCUT2D eigenvalue weighted by Gasteiger charge is -2.09. The van der Waals surface area contributed by atoms with Crippen molar-refractivity contribution in [3.05, 3.63) is 47.8 Å². The molecule has 0 bridgehead atoms. The van der Waals surface area contributed by atoms with E-state index in [1.54, 1.807) is 6.08 Å². The molecule has 0 spiro atoms. The Morgan fingerprint density at radius 3 is 2.88 bits per heavy atom. The van der Waals surface area contributed by atoms with E-state index >= 15 is 0 Å². The van der Waals surface area contributed by atoms with Crippen LogP contribution in [0.5, 0.6) is 0 Å². The van der Waals surface area contributed by atoms with Gasteiger partial charge in [-0.05, 0) is 12.5 Å². The van der Waals surface area contributed by atoms with Crippen molar-refractivity contribution in [2.45, 2.75) is 19.9 Å². The first-order valence-corrected chi connectivity index (χ1v) is 5.04. The van der Waals surface area contributed by atoms with Crippen LogP contribution in [0.25, 0.3) is 5.57 Å². The summed E-state index contributed by atoms with van der Waals surface area (Å²) in [6.45, 7) is 5.34. The fourth-order valence-corrected chi connectivity index (χ4v) is 1.42. The van der Waals surface area contributed by atoms with E-state index in [1.165, 1.54) is 12.3 Å². The molecule has 16 heavy (non-hydrogen) atoms. The number of aliphatic hydroxyl groups is 1. The molecular weight excluding hydrogens is 207 g/mol. The van der Waals surface area contributed by atoms with E-state index in [9.17, 15) is 9.50 Å². The first kappa shape index (κ1) is 12.4. The Morgan fingerprint density at radius 1 is 1.69 bits per heavy atom. The van der Waals surface area contributed by atoms with Crippen LogP contribution in [-0.2, 0) is 6.54 Å². The molecule has 0 radical (unpaired) electrons. The number of allylic oxidation sites excluding steroid dienone is 2. The number of nitrogens with zero attached hydrogens (tertiary/aromatic N) is 1. The number of aliphatic hydroxyl groups excluding tert-OH is 1. The van der Waals surface area contributed by atoms with Gasteiger partial charge in [0.1, 0.15) is 5.76 Å². The molecule has 0 fully saturated rings. The maximum Gasteiger partial charge on any atom is 0.153 e. The standard InChI is InChI=1S/C12H15FN2O/c1-3-4-9(8(2)16)10-5-6-15-11(7-14)12(10)13/h4-6,16H,2-3,7,14H2,1H3/b9-4+. The summed E-state index contributed by atoms with van der Waals surface area (Å²) in [6, 6.07) is 1.50. The summed E-state index contributed by atoms with van der Waals surface area (Å²) in [5.74, 6) is -0.658. The molecular formula is C12H15FN2O. The lowest BCUT2D eigenvalue weighted by atomic mass is 10.0. The summed E-state index contributed by atoms with van der Waals surface area (Å²) in [4.78, 5) is 3.82. The first-order chi connectivity index (χ1) is 7.61. The van der Waals surface area contributed by atoms with Gasteiger partial charge in [-0.25, -0.2) is 4.39 Å². The summed E-state index contributed by atoms with van der Waals surface area (Å²) >= 11 is 0. The highest BCUT2D eigenvalue weighted by Crippen LogP contribution is 2.24. The molecule has 0 saturated carbocycles. The van der Waals surface area contributed by atoms with Crippen LogP contribution >= 0.6 is 0 Å². The van der Waals surface area contributed by atoms with Gasteiger partial charge in [0, 0.05) is 23.9 Å². The van der Waals surface area contributed by atoms with E-state index in [1.807, 2.05) is 6.92 Å². The minimum atomic E-state index is -0.500. The Hall–Kier alpha value is -1.68. The molecule has 1 heterocycles. The van der Waals surface area contributed by atoms with Crippen molar-refractivity contribution in [1.82, 2.24) is 4.98 Å². The van der Waals surface area contributed by atoms with Gasteiger partial charge >= 0.3 is 0 Å². The zero-order valence-corrected chi connectivity index (χ0v) is 9.20. The van der Waals surface area contributed by atoms with Gasteiger partial charge in [-0.2, -0.15) is 0 Å². The maximum atomic E-state index is 13.9. The van der Waals surface area contributed by atoms with Crippen LogP contribution in [0.2, 0.25) is 0 Å². The Kier molecular flexibility index (Phi) is 4.19. The van der Waals surface area contributed by atoms with Crippen LogP contribution in [0, 0.1) is 5.82 Å². The number of nitrogens with two attached hydrogens (primary N) is 1. The largest absolute Gasteiger partial charge is 0.508 e. The van der Waals surface area contributed by atoms with Crippen LogP contribution in [0.4, 0.5) is 4.39 Å². The van der Waals surface area contributed by atoms with Crippen LogP contribution in [0.3, 0.4) is 0 Å². The maximum absolute atomic E-state index is 13.9. The SMILES string of the molecule is C=C(O)/C(=C\CC)c1ccnc(CN)c1F. The number of hydrogen-bond donors (Lipinski definition) is 2. The second-order valence-corrected chi connectivity index (χ2v) is 3.30. The number of pyridine rings is 1. The summed E-state index contributed by atoms with van der Waals surface area (Å²) in [7, 11) is 0. The van der Waals surface area contributed by atoms with Crippen molar-refractivity contribution in [3.63, 3.8) is 0 Å². The van der Waals surface area contributed by atoms with Crippen LogP contribution in [0.1, 0.15) is 24.6 Å². The average Bonchev–Trinajstić information content (AvgIpc) is 2.26. The topological polar surface area (TPSA) is 59.1 Å². The van der Waals surface area contributed by atoms with E-state index in [-0.39, 0.29) is 23.6 Å². The van der Waals surface area contributed by atoms with Gasteiger partial charge < -0.3 is 10.8 Å². The second kappa shape index (κ2) is 5.42. The van der Waals surface area contributed by atoms with Gasteiger partial charge in [0.2, 0.25) is 0 Å². The van der Waals surface area contributed by atoms with E-state index in [0.717, 1.165) is 0 Å². The quantitative estimate of drug-likeness (QED) is 0.608. The van der Waals surface area contributed by atoms with E-state index in [0.29, 0.717) is 12.0 Å². The fraction of sp³-hybridized carbons (Fsp3) is 0.250. The highest BCUT2D eigenvalue weighted by atomic mass is 19.1. The summed E-state index contributed by atoms with van der Waals surface area (Å²) in [5.41, 5.74) is 6.21. The smallest absolute Gasteiger partial charge is 0.153 e. The van der Waals surface area contributed by atoms with Gasteiger partial charge in [-0.15, -0.1) is 0 Å². The summed E-state index contributed by atoms with van der Waals surface area (Å²) in [5, 5.41) is 9.40. The first-order valence-electron chi connectivity index (χ1n) is 5.04. The third kappa shape index (κ3) is 2.46. The van der Waals surface area contributed by atoms with Gasteiger partial charge in [0.05, 0.1) is 5.69 Å². The van der Waals surface area contributed by atoms with Crippen molar-refractivity contribution < 1.29 is 9.50 Å². The van der Waals surface area contributed by atoms with E-state index < -0.39 is 5.82 Å². The highest BCUT2D eigenvalue weighted by molar-refractivity contribution is 5.76. The molecule has 4 heteroatoms. The predicted molar refractivity (Wildman–Crippen MR) is 62.1 cm³/mol.